The number of hydrogen-bond acceptors (Lipinski definition) is 3. The molecule has 0 spiro atoms. The van der Waals surface area contributed by atoms with Crippen molar-refractivity contribution in [3.63, 3.8) is 0 Å². The third kappa shape index (κ3) is 5.02. The second kappa shape index (κ2) is 7.66. The molecule has 0 aliphatic carbocycles. The van der Waals surface area contributed by atoms with Gasteiger partial charge < -0.3 is 10.2 Å². The van der Waals surface area contributed by atoms with E-state index in [0.717, 1.165) is 0 Å². The van der Waals surface area contributed by atoms with Crippen molar-refractivity contribution in [2.24, 2.45) is 0 Å². The molecule has 4 nitrogen and oxygen atoms in total. The molecule has 1 aromatic rings. The lowest BCUT2D eigenvalue weighted by Crippen LogP contribution is -2.39. The zero-order valence-electron chi connectivity index (χ0n) is 12.5. The Balaban J connectivity index is 2.40. The topological polar surface area (TPSA) is 56.1 Å². The maximum Gasteiger partial charge on any atom is 0.223 e. The molecule has 0 bridgehead atoms. The Labute approximate surface area is 121 Å². The quantitative estimate of drug-likeness (QED) is 0.829. The summed E-state index contributed by atoms with van der Waals surface area (Å²) in [7, 11) is 1.74. The van der Waals surface area contributed by atoms with Crippen LogP contribution in [0.25, 0.3) is 0 Å². The van der Waals surface area contributed by atoms with Gasteiger partial charge in [-0.15, -0.1) is 0 Å². The van der Waals surface area contributed by atoms with E-state index in [0.29, 0.717) is 25.9 Å². The molecule has 0 atom stereocenters. The number of carbonyl (C=O) groups is 1. The van der Waals surface area contributed by atoms with Crippen molar-refractivity contribution >= 4 is 5.91 Å². The number of nitrogens with zero attached hydrogens (tertiary/aromatic N) is 2. The van der Waals surface area contributed by atoms with Crippen LogP contribution in [0.3, 0.4) is 0 Å². The van der Waals surface area contributed by atoms with Crippen LogP contribution in [0.4, 0.5) is 0 Å². The highest BCUT2D eigenvalue weighted by atomic mass is 16.2. The SMILES string of the molecule is CN(CCC#N)C(=O)CCNC(C)(C)c1ccccc1. The molecule has 1 amide bonds. The lowest BCUT2D eigenvalue weighted by molar-refractivity contribution is -0.129. The van der Waals surface area contributed by atoms with Gasteiger partial charge in [0.1, 0.15) is 0 Å². The molecule has 1 aromatic carbocycles. The van der Waals surface area contributed by atoms with Crippen molar-refractivity contribution in [1.82, 2.24) is 10.2 Å². The van der Waals surface area contributed by atoms with Crippen LogP contribution in [-0.4, -0.2) is 30.9 Å². The standard InChI is InChI=1S/C16H23N3O/c1-16(2,14-8-5-4-6-9-14)18-12-10-15(20)19(3)13-7-11-17/h4-6,8-9,18H,7,10,12-13H2,1-3H3. The number of benzene rings is 1. The van der Waals surface area contributed by atoms with Crippen molar-refractivity contribution in [3.8, 4) is 6.07 Å². The number of nitriles is 1. The fourth-order valence-electron chi connectivity index (χ4n) is 1.97. The first-order chi connectivity index (χ1) is 9.47. The summed E-state index contributed by atoms with van der Waals surface area (Å²) in [5.41, 5.74) is 1.04. The van der Waals surface area contributed by atoms with E-state index in [1.165, 1.54) is 5.56 Å². The summed E-state index contributed by atoms with van der Waals surface area (Å²) in [6.45, 7) is 5.33. The molecule has 0 aliphatic heterocycles. The minimum Gasteiger partial charge on any atom is -0.345 e. The van der Waals surface area contributed by atoms with Gasteiger partial charge in [-0.25, -0.2) is 0 Å². The van der Waals surface area contributed by atoms with Gasteiger partial charge in [-0.3, -0.25) is 4.79 Å². The molecular weight excluding hydrogens is 250 g/mol. The third-order valence-corrected chi connectivity index (χ3v) is 3.39. The molecule has 0 aromatic heterocycles. The van der Waals surface area contributed by atoms with Gasteiger partial charge in [0.05, 0.1) is 12.5 Å². The number of hydrogen-bond donors (Lipinski definition) is 1. The van der Waals surface area contributed by atoms with E-state index in [1.807, 2.05) is 24.3 Å². The first-order valence-electron chi connectivity index (χ1n) is 6.89. The summed E-state index contributed by atoms with van der Waals surface area (Å²) in [4.78, 5) is 13.5. The predicted octanol–water partition coefficient (Wildman–Crippen LogP) is 2.27. The molecule has 108 valence electrons. The summed E-state index contributed by atoms with van der Waals surface area (Å²) in [6.07, 6.45) is 0.823. The van der Waals surface area contributed by atoms with E-state index in [4.69, 9.17) is 5.26 Å². The molecule has 1 N–H and O–H groups in total. The monoisotopic (exact) mass is 273 g/mol. The molecular formula is C16H23N3O. The van der Waals surface area contributed by atoms with Crippen LogP contribution >= 0.6 is 0 Å². The fourth-order valence-corrected chi connectivity index (χ4v) is 1.97. The summed E-state index contributed by atoms with van der Waals surface area (Å²) in [5, 5.41) is 11.9. The van der Waals surface area contributed by atoms with Gasteiger partial charge in [0.2, 0.25) is 5.91 Å². The van der Waals surface area contributed by atoms with Crippen molar-refractivity contribution in [1.29, 1.82) is 5.26 Å². The van der Waals surface area contributed by atoms with Gasteiger partial charge >= 0.3 is 0 Å². The lowest BCUT2D eigenvalue weighted by atomic mass is 9.94. The summed E-state index contributed by atoms with van der Waals surface area (Å²) >= 11 is 0. The Morgan fingerprint density at radius 3 is 2.60 bits per heavy atom. The Hall–Kier alpha value is -1.86. The molecule has 0 heterocycles. The number of carbonyl (C=O) groups excluding carboxylic acids is 1. The Morgan fingerprint density at radius 1 is 1.35 bits per heavy atom. The normalized spacial score (nSPS) is 10.9. The molecule has 0 fully saturated rings. The average molecular weight is 273 g/mol. The molecule has 0 saturated heterocycles. The summed E-state index contributed by atoms with van der Waals surface area (Å²) in [6, 6.07) is 12.2. The van der Waals surface area contributed by atoms with Crippen LogP contribution in [0.1, 0.15) is 32.3 Å². The molecule has 1 rings (SSSR count). The van der Waals surface area contributed by atoms with Crippen molar-refractivity contribution in [2.45, 2.75) is 32.2 Å². The zero-order chi connectivity index (χ0) is 15.0. The Kier molecular flexibility index (Phi) is 6.20. The van der Waals surface area contributed by atoms with Crippen LogP contribution in [0.2, 0.25) is 0 Å². The van der Waals surface area contributed by atoms with Crippen LogP contribution < -0.4 is 5.32 Å². The van der Waals surface area contributed by atoms with Gasteiger partial charge in [-0.05, 0) is 19.4 Å². The van der Waals surface area contributed by atoms with Gasteiger partial charge in [0, 0.05) is 32.1 Å². The summed E-state index contributed by atoms with van der Waals surface area (Å²) < 4.78 is 0. The van der Waals surface area contributed by atoms with Crippen LogP contribution in [0, 0.1) is 11.3 Å². The van der Waals surface area contributed by atoms with Crippen molar-refractivity contribution in [3.05, 3.63) is 35.9 Å². The van der Waals surface area contributed by atoms with E-state index >= 15 is 0 Å². The molecule has 20 heavy (non-hydrogen) atoms. The summed E-state index contributed by atoms with van der Waals surface area (Å²) in [5.74, 6) is 0.0663. The fraction of sp³-hybridized carbons (Fsp3) is 0.500. The van der Waals surface area contributed by atoms with Gasteiger partial charge in [-0.1, -0.05) is 30.3 Å². The van der Waals surface area contributed by atoms with Crippen LogP contribution in [-0.2, 0) is 10.3 Å². The van der Waals surface area contributed by atoms with E-state index in [9.17, 15) is 4.79 Å². The van der Waals surface area contributed by atoms with Crippen LogP contribution in [0.5, 0.6) is 0 Å². The average Bonchev–Trinajstić information content (AvgIpc) is 2.45. The molecule has 0 saturated carbocycles. The second-order valence-corrected chi connectivity index (χ2v) is 5.39. The van der Waals surface area contributed by atoms with E-state index < -0.39 is 0 Å². The van der Waals surface area contributed by atoms with Gasteiger partial charge in [0.25, 0.3) is 0 Å². The Morgan fingerprint density at radius 2 is 2.00 bits per heavy atom. The largest absolute Gasteiger partial charge is 0.345 e. The van der Waals surface area contributed by atoms with Gasteiger partial charge in [0.15, 0.2) is 0 Å². The van der Waals surface area contributed by atoms with E-state index in [-0.39, 0.29) is 11.4 Å². The maximum atomic E-state index is 11.8. The highest BCUT2D eigenvalue weighted by Gasteiger charge is 2.19. The second-order valence-electron chi connectivity index (χ2n) is 5.39. The lowest BCUT2D eigenvalue weighted by Gasteiger charge is -2.27. The minimum atomic E-state index is -0.160. The number of nitrogens with one attached hydrogen (secondary N) is 1. The molecule has 4 heteroatoms. The molecule has 0 radical (unpaired) electrons. The van der Waals surface area contributed by atoms with E-state index in [1.54, 1.807) is 11.9 Å². The zero-order valence-corrected chi connectivity index (χ0v) is 12.5. The Bertz CT molecular complexity index is 462. The highest BCUT2D eigenvalue weighted by molar-refractivity contribution is 5.76. The van der Waals surface area contributed by atoms with Crippen molar-refractivity contribution < 1.29 is 4.79 Å². The maximum absolute atomic E-state index is 11.8. The number of rotatable bonds is 7. The van der Waals surface area contributed by atoms with Crippen LogP contribution in [0.15, 0.2) is 30.3 Å². The first-order valence-corrected chi connectivity index (χ1v) is 6.89. The smallest absolute Gasteiger partial charge is 0.223 e. The third-order valence-electron chi connectivity index (χ3n) is 3.39. The number of amides is 1. The highest BCUT2D eigenvalue weighted by Crippen LogP contribution is 2.19. The minimum absolute atomic E-state index is 0.0663. The molecule has 0 aliphatic rings. The molecule has 0 unspecified atom stereocenters. The van der Waals surface area contributed by atoms with Crippen molar-refractivity contribution in [2.75, 3.05) is 20.1 Å². The predicted molar refractivity (Wildman–Crippen MR) is 80.0 cm³/mol. The van der Waals surface area contributed by atoms with E-state index in [2.05, 4.69) is 31.3 Å². The van der Waals surface area contributed by atoms with Gasteiger partial charge in [-0.2, -0.15) is 5.26 Å². The first kappa shape index (κ1) is 16.2.